The fourth-order valence-electron chi connectivity index (χ4n) is 0.772. The van der Waals surface area contributed by atoms with Gasteiger partial charge in [0.15, 0.2) is 0 Å². The molecule has 7 heteroatoms. The summed E-state index contributed by atoms with van der Waals surface area (Å²) in [6, 6.07) is -1.18. The second-order valence-corrected chi connectivity index (χ2v) is 3.14. The maximum absolute atomic E-state index is 10.7. The minimum absolute atomic E-state index is 0.252. The van der Waals surface area contributed by atoms with E-state index >= 15 is 0 Å². The maximum atomic E-state index is 10.7. The Morgan fingerprint density at radius 3 is 2.38 bits per heavy atom. The van der Waals surface area contributed by atoms with E-state index in [2.05, 4.69) is 5.32 Å². The topological polar surface area (TPSA) is 109 Å². The van der Waals surface area contributed by atoms with Gasteiger partial charge in [-0.1, -0.05) is 0 Å². The first-order valence-corrected chi connectivity index (χ1v) is 4.58. The fourth-order valence-corrected chi connectivity index (χ4v) is 1.46. The molecule has 0 radical (unpaired) electrons. The first-order chi connectivity index (χ1) is 6.04. The van der Waals surface area contributed by atoms with Gasteiger partial charge >= 0.3 is 5.97 Å². The number of hydrogen-bond acceptors (Lipinski definition) is 4. The molecule has 0 aromatic rings. The Balaban J connectivity index is 4.57. The van der Waals surface area contributed by atoms with Crippen molar-refractivity contribution in [1.82, 2.24) is 5.32 Å². The zero-order valence-electron chi connectivity index (χ0n) is 6.89. The number of thioether (sulfide) groups is 1. The number of amides is 2. The molecule has 0 aromatic heterocycles. The quantitative estimate of drug-likeness (QED) is 0.453. The van der Waals surface area contributed by atoms with E-state index in [4.69, 9.17) is 10.8 Å². The zero-order valence-corrected chi connectivity index (χ0v) is 7.71. The summed E-state index contributed by atoms with van der Waals surface area (Å²) in [5.74, 6) is -2.06. The molecule has 0 aliphatic rings. The summed E-state index contributed by atoms with van der Waals surface area (Å²) in [4.78, 5) is 31.3. The standard InChI is InChI=1S/C6H10N2O4S/c1-13-4(6(11)12)3(5(7)10)8-2-9/h2-4H,1H3,(H2,7,10)(H,8,9)(H,11,12)/t3-,4?/m0/s1. The summed E-state index contributed by atoms with van der Waals surface area (Å²) in [5.41, 5.74) is 4.90. The van der Waals surface area contributed by atoms with Gasteiger partial charge in [0.1, 0.15) is 11.3 Å². The third kappa shape index (κ3) is 3.32. The predicted octanol–water partition coefficient (Wildman–Crippen LogP) is -1.60. The minimum Gasteiger partial charge on any atom is -0.480 e. The molecule has 0 saturated heterocycles. The molecule has 0 fully saturated rings. The molecule has 74 valence electrons. The Hall–Kier alpha value is -1.24. The lowest BCUT2D eigenvalue weighted by Gasteiger charge is -2.17. The molecule has 0 saturated carbocycles. The number of carboxylic acid groups (broad SMARTS) is 1. The second-order valence-electron chi connectivity index (χ2n) is 2.16. The van der Waals surface area contributed by atoms with Crippen molar-refractivity contribution < 1.29 is 19.5 Å². The number of carbonyl (C=O) groups is 3. The van der Waals surface area contributed by atoms with E-state index in [1.165, 1.54) is 6.26 Å². The van der Waals surface area contributed by atoms with Crippen LogP contribution in [0.25, 0.3) is 0 Å². The molecule has 0 aliphatic carbocycles. The number of nitrogens with one attached hydrogen (secondary N) is 1. The molecule has 0 rings (SSSR count). The van der Waals surface area contributed by atoms with Crippen LogP contribution in [-0.4, -0.2) is 40.9 Å². The molecule has 13 heavy (non-hydrogen) atoms. The van der Waals surface area contributed by atoms with Crippen LogP contribution < -0.4 is 11.1 Å². The molecule has 2 amide bonds. The third-order valence-electron chi connectivity index (χ3n) is 1.35. The van der Waals surface area contributed by atoms with Gasteiger partial charge in [-0.05, 0) is 6.26 Å². The molecule has 6 nitrogen and oxygen atoms in total. The van der Waals surface area contributed by atoms with E-state index in [-0.39, 0.29) is 6.41 Å². The molecular formula is C6H10N2O4S. The van der Waals surface area contributed by atoms with Gasteiger partial charge < -0.3 is 16.2 Å². The molecule has 4 N–H and O–H groups in total. The average molecular weight is 206 g/mol. The smallest absolute Gasteiger partial charge is 0.319 e. The highest BCUT2D eigenvalue weighted by Crippen LogP contribution is 2.11. The summed E-state index contributed by atoms with van der Waals surface area (Å²) in [5, 5.41) is 9.64. The van der Waals surface area contributed by atoms with E-state index in [0.29, 0.717) is 0 Å². The van der Waals surface area contributed by atoms with Gasteiger partial charge in [0.25, 0.3) is 0 Å². The number of carbonyl (C=O) groups excluding carboxylic acids is 2. The summed E-state index contributed by atoms with van der Waals surface area (Å²) < 4.78 is 0. The second kappa shape index (κ2) is 5.41. The molecular weight excluding hydrogens is 196 g/mol. The first-order valence-electron chi connectivity index (χ1n) is 3.29. The van der Waals surface area contributed by atoms with E-state index in [0.717, 1.165) is 11.8 Å². The van der Waals surface area contributed by atoms with E-state index in [9.17, 15) is 14.4 Å². The Labute approximate surface area is 78.9 Å². The lowest BCUT2D eigenvalue weighted by Crippen LogP contribution is -2.50. The van der Waals surface area contributed by atoms with Crippen molar-refractivity contribution in [2.75, 3.05) is 6.26 Å². The van der Waals surface area contributed by atoms with Gasteiger partial charge in [-0.3, -0.25) is 14.4 Å². The summed E-state index contributed by atoms with van der Waals surface area (Å²) in [6.45, 7) is 0. The highest BCUT2D eigenvalue weighted by molar-refractivity contribution is 8.00. The Morgan fingerprint density at radius 2 is 2.15 bits per heavy atom. The minimum atomic E-state index is -1.19. The number of nitrogens with two attached hydrogens (primary N) is 1. The van der Waals surface area contributed by atoms with Crippen molar-refractivity contribution in [1.29, 1.82) is 0 Å². The SMILES string of the molecule is CSC(C(=O)O)[C@H](NC=O)C(N)=O. The summed E-state index contributed by atoms with van der Waals surface area (Å²) in [6.07, 6.45) is 1.77. The lowest BCUT2D eigenvalue weighted by atomic mass is 10.2. The third-order valence-corrected chi connectivity index (χ3v) is 2.34. The predicted molar refractivity (Wildman–Crippen MR) is 47.1 cm³/mol. The monoisotopic (exact) mass is 206 g/mol. The van der Waals surface area contributed by atoms with Crippen molar-refractivity contribution >= 4 is 30.0 Å². The fraction of sp³-hybridized carbons (Fsp3) is 0.500. The molecule has 2 atom stereocenters. The van der Waals surface area contributed by atoms with Crippen LogP contribution in [0.5, 0.6) is 0 Å². The average Bonchev–Trinajstić information content (AvgIpc) is 2.03. The van der Waals surface area contributed by atoms with Crippen LogP contribution in [0.4, 0.5) is 0 Å². The van der Waals surface area contributed by atoms with Crippen molar-refractivity contribution in [2.45, 2.75) is 11.3 Å². The molecule has 0 heterocycles. The van der Waals surface area contributed by atoms with Crippen molar-refractivity contribution in [3.8, 4) is 0 Å². The number of carboxylic acids is 1. The first kappa shape index (κ1) is 11.8. The largest absolute Gasteiger partial charge is 0.480 e. The Bertz CT molecular complexity index is 221. The van der Waals surface area contributed by atoms with Crippen LogP contribution in [-0.2, 0) is 14.4 Å². The molecule has 0 spiro atoms. The van der Waals surface area contributed by atoms with Gasteiger partial charge in [-0.15, -0.1) is 11.8 Å². The van der Waals surface area contributed by atoms with E-state index in [1.54, 1.807) is 0 Å². The molecule has 0 aliphatic heterocycles. The van der Waals surface area contributed by atoms with Crippen LogP contribution in [0, 0.1) is 0 Å². The van der Waals surface area contributed by atoms with Gasteiger partial charge in [0.2, 0.25) is 12.3 Å². The lowest BCUT2D eigenvalue weighted by molar-refractivity contribution is -0.138. The van der Waals surface area contributed by atoms with Crippen LogP contribution in [0.2, 0.25) is 0 Å². The van der Waals surface area contributed by atoms with Crippen LogP contribution in [0.15, 0.2) is 0 Å². The maximum Gasteiger partial charge on any atom is 0.319 e. The van der Waals surface area contributed by atoms with Gasteiger partial charge in [0.05, 0.1) is 0 Å². The number of rotatable bonds is 6. The summed E-state index contributed by atoms with van der Waals surface area (Å²) >= 11 is 0.933. The molecule has 0 bridgehead atoms. The number of aliphatic carboxylic acids is 1. The zero-order chi connectivity index (χ0) is 10.4. The molecule has 0 aromatic carbocycles. The van der Waals surface area contributed by atoms with Gasteiger partial charge in [-0.2, -0.15) is 0 Å². The van der Waals surface area contributed by atoms with Gasteiger partial charge in [-0.25, -0.2) is 0 Å². The Kier molecular flexibility index (Phi) is 4.90. The summed E-state index contributed by atoms with van der Waals surface area (Å²) in [7, 11) is 0. The number of primary amides is 1. The van der Waals surface area contributed by atoms with Gasteiger partial charge in [0, 0.05) is 0 Å². The molecule has 1 unspecified atom stereocenters. The van der Waals surface area contributed by atoms with Crippen LogP contribution >= 0.6 is 11.8 Å². The van der Waals surface area contributed by atoms with Crippen molar-refractivity contribution in [3.63, 3.8) is 0 Å². The van der Waals surface area contributed by atoms with E-state index in [1.807, 2.05) is 0 Å². The van der Waals surface area contributed by atoms with E-state index < -0.39 is 23.2 Å². The highest BCUT2D eigenvalue weighted by Gasteiger charge is 2.31. The Morgan fingerprint density at radius 1 is 1.62 bits per heavy atom. The number of hydrogen-bond donors (Lipinski definition) is 3. The normalized spacial score (nSPS) is 14.2. The van der Waals surface area contributed by atoms with Crippen molar-refractivity contribution in [2.24, 2.45) is 5.73 Å². The van der Waals surface area contributed by atoms with Crippen LogP contribution in [0.1, 0.15) is 0 Å². The van der Waals surface area contributed by atoms with Crippen molar-refractivity contribution in [3.05, 3.63) is 0 Å². The van der Waals surface area contributed by atoms with Crippen LogP contribution in [0.3, 0.4) is 0 Å². The highest BCUT2D eigenvalue weighted by atomic mass is 32.2.